The Hall–Kier alpha value is -2.29. The summed E-state index contributed by atoms with van der Waals surface area (Å²) in [4.78, 5) is 12.1. The summed E-state index contributed by atoms with van der Waals surface area (Å²) in [5.74, 6) is 1.44. The van der Waals surface area contributed by atoms with Crippen LogP contribution >= 0.6 is 0 Å². The average molecular weight is 325 g/mol. The van der Waals surface area contributed by atoms with Gasteiger partial charge in [-0.2, -0.15) is 0 Å². The molecule has 0 heterocycles. The number of aryl methyl sites for hydroxylation is 1. The first-order valence-electron chi connectivity index (χ1n) is 8.66. The van der Waals surface area contributed by atoms with E-state index in [0.717, 1.165) is 17.7 Å². The van der Waals surface area contributed by atoms with Crippen LogP contribution in [0.2, 0.25) is 0 Å². The van der Waals surface area contributed by atoms with Gasteiger partial charge in [-0.15, -0.1) is 0 Å². The zero-order valence-corrected chi connectivity index (χ0v) is 14.8. The van der Waals surface area contributed by atoms with E-state index in [2.05, 4.69) is 43.4 Å². The lowest BCUT2D eigenvalue weighted by atomic mass is 10.0. The van der Waals surface area contributed by atoms with Gasteiger partial charge in [-0.1, -0.05) is 56.3 Å². The fraction of sp³-hybridized carbons (Fsp3) is 0.381. The molecule has 128 valence electrons. The highest BCUT2D eigenvalue weighted by Gasteiger charge is 2.06. The Morgan fingerprint density at radius 2 is 1.79 bits per heavy atom. The van der Waals surface area contributed by atoms with E-state index in [1.165, 1.54) is 11.1 Å². The van der Waals surface area contributed by atoms with Crippen LogP contribution in [0, 0.1) is 0 Å². The molecular weight excluding hydrogens is 298 g/mol. The van der Waals surface area contributed by atoms with Crippen molar-refractivity contribution in [2.75, 3.05) is 6.61 Å². The van der Waals surface area contributed by atoms with Gasteiger partial charge in [-0.05, 0) is 36.5 Å². The van der Waals surface area contributed by atoms with Crippen LogP contribution in [0.3, 0.4) is 0 Å². The summed E-state index contributed by atoms with van der Waals surface area (Å²) in [6, 6.07) is 16.3. The molecule has 0 fully saturated rings. The monoisotopic (exact) mass is 325 g/mol. The predicted molar refractivity (Wildman–Crippen MR) is 98.3 cm³/mol. The normalized spacial score (nSPS) is 10.7. The average Bonchev–Trinajstić information content (AvgIpc) is 2.60. The number of para-hydroxylation sites is 1. The van der Waals surface area contributed by atoms with Crippen LogP contribution in [0.1, 0.15) is 49.8 Å². The van der Waals surface area contributed by atoms with Gasteiger partial charge >= 0.3 is 0 Å². The van der Waals surface area contributed by atoms with Gasteiger partial charge in [0.1, 0.15) is 5.75 Å². The van der Waals surface area contributed by atoms with E-state index in [9.17, 15) is 4.79 Å². The van der Waals surface area contributed by atoms with Crippen molar-refractivity contribution in [2.45, 2.75) is 46.1 Å². The molecule has 2 rings (SSSR count). The van der Waals surface area contributed by atoms with Crippen LogP contribution in [0.25, 0.3) is 0 Å². The zero-order valence-electron chi connectivity index (χ0n) is 14.8. The molecule has 0 aliphatic rings. The second kappa shape index (κ2) is 9.11. The van der Waals surface area contributed by atoms with Gasteiger partial charge in [0.2, 0.25) is 5.91 Å². The lowest BCUT2D eigenvalue weighted by molar-refractivity contribution is -0.121. The van der Waals surface area contributed by atoms with E-state index in [0.29, 0.717) is 25.5 Å². The number of benzene rings is 2. The second-order valence-corrected chi connectivity index (χ2v) is 6.21. The standard InChI is InChI=1S/C21H27NO2/c1-4-24-20-8-6-5-7-19(20)15-22-21(23)14-11-17-9-12-18(13-10-17)16(2)3/h5-10,12-13,16H,4,11,14-15H2,1-3H3,(H,22,23). The Balaban J connectivity index is 1.81. The Morgan fingerprint density at radius 3 is 2.46 bits per heavy atom. The first kappa shape index (κ1) is 18.1. The maximum atomic E-state index is 12.1. The van der Waals surface area contributed by atoms with E-state index >= 15 is 0 Å². The largest absolute Gasteiger partial charge is 0.494 e. The summed E-state index contributed by atoms with van der Waals surface area (Å²) in [5.41, 5.74) is 3.54. The molecule has 0 radical (unpaired) electrons. The molecule has 0 atom stereocenters. The fourth-order valence-corrected chi connectivity index (χ4v) is 2.56. The van der Waals surface area contributed by atoms with Crippen LogP contribution in [0.4, 0.5) is 0 Å². The molecule has 0 aromatic heterocycles. The van der Waals surface area contributed by atoms with Gasteiger partial charge in [-0.25, -0.2) is 0 Å². The maximum Gasteiger partial charge on any atom is 0.220 e. The highest BCUT2D eigenvalue weighted by Crippen LogP contribution is 2.18. The molecule has 0 aliphatic heterocycles. The second-order valence-electron chi connectivity index (χ2n) is 6.21. The Kier molecular flexibility index (Phi) is 6.86. The van der Waals surface area contributed by atoms with Crippen molar-refractivity contribution in [3.05, 3.63) is 65.2 Å². The number of hydrogen-bond acceptors (Lipinski definition) is 2. The summed E-state index contributed by atoms with van der Waals surface area (Å²) in [6.07, 6.45) is 1.26. The Morgan fingerprint density at radius 1 is 1.08 bits per heavy atom. The van der Waals surface area contributed by atoms with Gasteiger partial charge in [0.05, 0.1) is 6.61 Å². The molecule has 0 saturated heterocycles. The molecule has 1 amide bonds. The van der Waals surface area contributed by atoms with Gasteiger partial charge in [-0.3, -0.25) is 4.79 Å². The van der Waals surface area contributed by atoms with Crippen LogP contribution in [-0.2, 0) is 17.8 Å². The molecule has 3 heteroatoms. The number of carbonyl (C=O) groups excluding carboxylic acids is 1. The van der Waals surface area contributed by atoms with Crippen molar-refractivity contribution in [3.8, 4) is 5.75 Å². The maximum absolute atomic E-state index is 12.1. The van der Waals surface area contributed by atoms with Gasteiger partial charge in [0, 0.05) is 18.5 Å². The number of carbonyl (C=O) groups is 1. The number of amides is 1. The summed E-state index contributed by atoms with van der Waals surface area (Å²) in [6.45, 7) is 7.45. The summed E-state index contributed by atoms with van der Waals surface area (Å²) >= 11 is 0. The smallest absolute Gasteiger partial charge is 0.220 e. The van der Waals surface area contributed by atoms with E-state index in [1.807, 2.05) is 31.2 Å². The molecule has 0 unspecified atom stereocenters. The van der Waals surface area contributed by atoms with E-state index in [-0.39, 0.29) is 5.91 Å². The summed E-state index contributed by atoms with van der Waals surface area (Å²) < 4.78 is 5.58. The van der Waals surface area contributed by atoms with E-state index < -0.39 is 0 Å². The Labute approximate surface area is 145 Å². The third-order valence-corrected chi connectivity index (χ3v) is 4.04. The number of ether oxygens (including phenoxy) is 1. The minimum Gasteiger partial charge on any atom is -0.494 e. The van der Waals surface area contributed by atoms with Crippen molar-refractivity contribution >= 4 is 5.91 Å². The van der Waals surface area contributed by atoms with Crippen LogP contribution in [-0.4, -0.2) is 12.5 Å². The third kappa shape index (κ3) is 5.41. The highest BCUT2D eigenvalue weighted by molar-refractivity contribution is 5.76. The molecule has 1 N–H and O–H groups in total. The van der Waals surface area contributed by atoms with Gasteiger partial charge in [0.15, 0.2) is 0 Å². The Bertz CT molecular complexity index is 647. The van der Waals surface area contributed by atoms with Crippen LogP contribution in [0.5, 0.6) is 5.75 Å². The van der Waals surface area contributed by atoms with Gasteiger partial charge < -0.3 is 10.1 Å². The predicted octanol–water partition coefficient (Wildman–Crippen LogP) is 4.46. The molecule has 2 aromatic carbocycles. The van der Waals surface area contributed by atoms with Crippen molar-refractivity contribution in [1.82, 2.24) is 5.32 Å². The van der Waals surface area contributed by atoms with Crippen molar-refractivity contribution in [1.29, 1.82) is 0 Å². The van der Waals surface area contributed by atoms with Crippen molar-refractivity contribution in [3.63, 3.8) is 0 Å². The van der Waals surface area contributed by atoms with E-state index in [1.54, 1.807) is 0 Å². The number of hydrogen-bond donors (Lipinski definition) is 1. The molecule has 0 bridgehead atoms. The summed E-state index contributed by atoms with van der Waals surface area (Å²) in [5, 5.41) is 2.98. The molecular formula is C21H27NO2. The molecule has 2 aromatic rings. The molecule has 0 saturated carbocycles. The minimum atomic E-state index is 0.0641. The lowest BCUT2D eigenvalue weighted by Gasteiger charge is -2.11. The molecule has 3 nitrogen and oxygen atoms in total. The topological polar surface area (TPSA) is 38.3 Å². The summed E-state index contributed by atoms with van der Waals surface area (Å²) in [7, 11) is 0. The molecule has 24 heavy (non-hydrogen) atoms. The quantitative estimate of drug-likeness (QED) is 0.778. The van der Waals surface area contributed by atoms with Gasteiger partial charge in [0.25, 0.3) is 0 Å². The first-order chi connectivity index (χ1) is 11.6. The third-order valence-electron chi connectivity index (χ3n) is 4.04. The highest BCUT2D eigenvalue weighted by atomic mass is 16.5. The molecule has 0 aliphatic carbocycles. The first-order valence-corrected chi connectivity index (χ1v) is 8.66. The zero-order chi connectivity index (χ0) is 17.4. The molecule has 0 spiro atoms. The lowest BCUT2D eigenvalue weighted by Crippen LogP contribution is -2.23. The van der Waals surface area contributed by atoms with Crippen LogP contribution < -0.4 is 10.1 Å². The number of rotatable bonds is 8. The fourth-order valence-electron chi connectivity index (χ4n) is 2.56. The SMILES string of the molecule is CCOc1ccccc1CNC(=O)CCc1ccc(C(C)C)cc1. The van der Waals surface area contributed by atoms with E-state index in [4.69, 9.17) is 4.74 Å². The van der Waals surface area contributed by atoms with Crippen molar-refractivity contribution in [2.24, 2.45) is 0 Å². The number of nitrogens with one attached hydrogen (secondary N) is 1. The minimum absolute atomic E-state index is 0.0641. The van der Waals surface area contributed by atoms with Crippen LogP contribution in [0.15, 0.2) is 48.5 Å². The van der Waals surface area contributed by atoms with Crippen molar-refractivity contribution < 1.29 is 9.53 Å².